The van der Waals surface area contributed by atoms with Crippen molar-refractivity contribution in [3.63, 3.8) is 0 Å². The number of hydrogen-bond acceptors (Lipinski definition) is 7. The van der Waals surface area contributed by atoms with Crippen LogP contribution in [0.2, 0.25) is 0 Å². The number of pyridine rings is 1. The highest BCUT2D eigenvalue weighted by molar-refractivity contribution is 6.05. The molecule has 3 fully saturated rings. The topological polar surface area (TPSA) is 112 Å². The summed E-state index contributed by atoms with van der Waals surface area (Å²) < 4.78 is 5.61. The van der Waals surface area contributed by atoms with Gasteiger partial charge in [0, 0.05) is 45.1 Å². The van der Waals surface area contributed by atoms with Crippen LogP contribution in [-0.2, 0) is 19.1 Å². The minimum absolute atomic E-state index is 0.0269. The Bertz CT molecular complexity index is 1000. The lowest BCUT2D eigenvalue weighted by Gasteiger charge is -2.41. The van der Waals surface area contributed by atoms with Crippen LogP contribution in [-0.4, -0.2) is 72.0 Å². The molecule has 4 rings (SSSR count). The number of nitrogens with zero attached hydrogens (tertiary/aromatic N) is 4. The molecule has 0 saturated carbocycles. The summed E-state index contributed by atoms with van der Waals surface area (Å²) in [5.74, 6) is 0.517. The molecule has 3 aliphatic rings. The van der Waals surface area contributed by atoms with Gasteiger partial charge in [0.2, 0.25) is 11.8 Å². The van der Waals surface area contributed by atoms with E-state index in [1.165, 1.54) is 4.90 Å². The minimum atomic E-state index is -0.546. The van der Waals surface area contributed by atoms with E-state index in [1.54, 1.807) is 6.20 Å². The second-order valence-electron chi connectivity index (χ2n) is 11.3. The lowest BCUT2D eigenvalue weighted by molar-refractivity contribution is -0.170. The Morgan fingerprint density at radius 2 is 1.72 bits per heavy atom. The molecular formula is C26H37N5O5. The zero-order valence-corrected chi connectivity index (χ0v) is 21.7. The van der Waals surface area contributed by atoms with Gasteiger partial charge in [-0.05, 0) is 65.5 Å². The first-order valence-electron chi connectivity index (χ1n) is 12.8. The molecule has 0 atom stereocenters. The smallest absolute Gasteiger partial charge is 0.328 e. The van der Waals surface area contributed by atoms with Crippen LogP contribution in [0.15, 0.2) is 18.3 Å². The number of carbonyl (C=O) groups excluding carboxylic acids is 4. The summed E-state index contributed by atoms with van der Waals surface area (Å²) in [5, 5.41) is 2.32. The van der Waals surface area contributed by atoms with Gasteiger partial charge in [-0.3, -0.25) is 24.6 Å². The van der Waals surface area contributed by atoms with Gasteiger partial charge in [0.1, 0.15) is 11.4 Å². The number of esters is 1. The van der Waals surface area contributed by atoms with Crippen LogP contribution >= 0.6 is 0 Å². The Labute approximate surface area is 212 Å². The Kier molecular flexibility index (Phi) is 7.24. The van der Waals surface area contributed by atoms with Crippen LogP contribution in [0.1, 0.15) is 59.8 Å². The van der Waals surface area contributed by atoms with Gasteiger partial charge in [0.05, 0.1) is 17.3 Å². The highest BCUT2D eigenvalue weighted by Crippen LogP contribution is 2.35. The van der Waals surface area contributed by atoms with E-state index in [4.69, 9.17) is 4.74 Å². The van der Waals surface area contributed by atoms with Gasteiger partial charge in [-0.1, -0.05) is 0 Å². The molecule has 3 saturated heterocycles. The molecule has 3 aliphatic heterocycles. The monoisotopic (exact) mass is 499 g/mol. The van der Waals surface area contributed by atoms with Crippen LogP contribution in [0.3, 0.4) is 0 Å². The van der Waals surface area contributed by atoms with Crippen molar-refractivity contribution in [1.82, 2.24) is 15.2 Å². The molecule has 4 heterocycles. The molecule has 0 aliphatic carbocycles. The van der Waals surface area contributed by atoms with Gasteiger partial charge in [-0.25, -0.2) is 9.78 Å². The van der Waals surface area contributed by atoms with Crippen molar-refractivity contribution in [3.8, 4) is 0 Å². The number of nitrogens with one attached hydrogen (secondary N) is 1. The van der Waals surface area contributed by atoms with E-state index >= 15 is 0 Å². The first-order chi connectivity index (χ1) is 16.9. The van der Waals surface area contributed by atoms with E-state index in [-0.39, 0.29) is 30.1 Å². The maximum atomic E-state index is 13.2. The van der Waals surface area contributed by atoms with Crippen LogP contribution in [0.5, 0.6) is 0 Å². The Morgan fingerprint density at radius 3 is 2.28 bits per heavy atom. The van der Waals surface area contributed by atoms with Crippen molar-refractivity contribution >= 4 is 35.3 Å². The normalized spacial score (nSPS) is 21.3. The van der Waals surface area contributed by atoms with Crippen LogP contribution in [0.25, 0.3) is 0 Å². The molecule has 10 nitrogen and oxygen atoms in total. The second kappa shape index (κ2) is 10.1. The number of ether oxygens (including phenoxy) is 1. The van der Waals surface area contributed by atoms with Crippen molar-refractivity contribution in [3.05, 3.63) is 18.3 Å². The number of urea groups is 1. The van der Waals surface area contributed by atoms with Gasteiger partial charge in [-0.2, -0.15) is 0 Å². The number of rotatable bonds is 4. The van der Waals surface area contributed by atoms with Gasteiger partial charge < -0.3 is 14.5 Å². The number of likely N-dealkylation sites (tertiary alicyclic amines) is 1. The quantitative estimate of drug-likeness (QED) is 0.634. The molecule has 1 aromatic heterocycles. The maximum Gasteiger partial charge on any atom is 0.328 e. The molecule has 4 amide bonds. The molecule has 196 valence electrons. The number of piperidine rings is 2. The van der Waals surface area contributed by atoms with E-state index in [0.717, 1.165) is 31.7 Å². The summed E-state index contributed by atoms with van der Waals surface area (Å²) >= 11 is 0. The average molecular weight is 500 g/mol. The molecule has 0 aromatic carbocycles. The van der Waals surface area contributed by atoms with Crippen molar-refractivity contribution in [2.75, 3.05) is 42.5 Å². The molecule has 0 radical (unpaired) electrons. The summed E-state index contributed by atoms with van der Waals surface area (Å²) in [6, 6.07) is 3.29. The third kappa shape index (κ3) is 5.79. The third-order valence-electron chi connectivity index (χ3n) is 7.34. The molecule has 36 heavy (non-hydrogen) atoms. The minimum Gasteiger partial charge on any atom is -0.460 e. The van der Waals surface area contributed by atoms with Crippen molar-refractivity contribution in [2.45, 2.75) is 65.4 Å². The largest absolute Gasteiger partial charge is 0.460 e. The maximum absolute atomic E-state index is 13.2. The fourth-order valence-electron chi connectivity index (χ4n) is 4.98. The second-order valence-corrected chi connectivity index (χ2v) is 11.3. The number of hydrogen-bond donors (Lipinski definition) is 1. The van der Waals surface area contributed by atoms with Gasteiger partial charge in [-0.15, -0.1) is 0 Å². The molecule has 10 heteroatoms. The fourth-order valence-corrected chi connectivity index (χ4v) is 4.98. The highest BCUT2D eigenvalue weighted by atomic mass is 16.6. The van der Waals surface area contributed by atoms with E-state index in [1.807, 2.05) is 44.7 Å². The van der Waals surface area contributed by atoms with Crippen LogP contribution < -0.4 is 15.1 Å². The Morgan fingerprint density at radius 1 is 1.06 bits per heavy atom. The summed E-state index contributed by atoms with van der Waals surface area (Å²) in [6.45, 7) is 10.5. The predicted octanol–water partition coefficient (Wildman–Crippen LogP) is 2.71. The van der Waals surface area contributed by atoms with Crippen molar-refractivity contribution in [2.24, 2.45) is 11.3 Å². The van der Waals surface area contributed by atoms with E-state index in [0.29, 0.717) is 38.2 Å². The van der Waals surface area contributed by atoms with Gasteiger partial charge in [0.25, 0.3) is 0 Å². The first kappa shape index (κ1) is 25.9. The molecule has 1 N–H and O–H groups in total. The van der Waals surface area contributed by atoms with Crippen molar-refractivity contribution in [1.29, 1.82) is 0 Å². The van der Waals surface area contributed by atoms with Gasteiger partial charge in [0.15, 0.2) is 0 Å². The van der Waals surface area contributed by atoms with Crippen LogP contribution in [0, 0.1) is 11.3 Å². The van der Waals surface area contributed by atoms with Crippen LogP contribution in [0.4, 0.5) is 16.3 Å². The van der Waals surface area contributed by atoms with Crippen molar-refractivity contribution < 1.29 is 23.9 Å². The lowest BCUT2D eigenvalue weighted by Crippen LogP contribution is -2.50. The molecule has 1 aromatic rings. The molecule has 0 unspecified atom stereocenters. The van der Waals surface area contributed by atoms with E-state index in [2.05, 4.69) is 15.2 Å². The summed E-state index contributed by atoms with van der Waals surface area (Å²) in [5.41, 5.74) is -0.411. The number of imide groups is 1. The molecular weight excluding hydrogens is 462 g/mol. The van der Waals surface area contributed by atoms with E-state index in [9.17, 15) is 19.2 Å². The Hall–Kier alpha value is -3.17. The number of amides is 4. The predicted molar refractivity (Wildman–Crippen MR) is 134 cm³/mol. The number of carbonyl (C=O) groups is 4. The summed E-state index contributed by atoms with van der Waals surface area (Å²) in [7, 11) is 0. The molecule has 0 spiro atoms. The first-order valence-corrected chi connectivity index (χ1v) is 12.8. The molecule has 0 bridgehead atoms. The number of anilines is 2. The average Bonchev–Trinajstić information content (AvgIpc) is 2.83. The SMILES string of the molecule is CC(C)(C)OC(=O)C1(C)CCN(C(=O)C2CCN(c3ccc(N4CCC(=O)NC4=O)cn3)CC2)CC1. The summed E-state index contributed by atoms with van der Waals surface area (Å²) in [6.07, 6.45) is 4.65. The van der Waals surface area contributed by atoms with E-state index < -0.39 is 17.0 Å². The Balaban J connectivity index is 1.26. The third-order valence-corrected chi connectivity index (χ3v) is 7.34. The lowest BCUT2D eigenvalue weighted by atomic mass is 9.79. The fraction of sp³-hybridized carbons (Fsp3) is 0.654. The standard InChI is InChI=1S/C26H37N5O5/c1-25(2,3)36-23(34)26(4)10-15-30(16-11-26)22(33)18-7-12-29(13-8-18)20-6-5-19(17-27-20)31-14-9-21(32)28-24(31)35/h5-6,17-18H,7-16H2,1-4H3,(H,28,32,35). The number of aromatic nitrogens is 1. The highest BCUT2D eigenvalue weighted by Gasteiger charge is 2.42. The zero-order chi connectivity index (χ0) is 26.1. The van der Waals surface area contributed by atoms with Gasteiger partial charge >= 0.3 is 12.0 Å². The summed E-state index contributed by atoms with van der Waals surface area (Å²) in [4.78, 5) is 59.3. The zero-order valence-electron chi connectivity index (χ0n) is 21.7.